The van der Waals surface area contributed by atoms with Crippen LogP contribution in [0.15, 0.2) is 6.07 Å². The van der Waals surface area contributed by atoms with Crippen molar-refractivity contribution in [3.8, 4) is 5.88 Å². The molecule has 0 saturated heterocycles. The Balaban J connectivity index is 3.37. The number of pyridine rings is 1. The van der Waals surface area contributed by atoms with Gasteiger partial charge in [0.15, 0.2) is 0 Å². The second kappa shape index (κ2) is 5.84. The molecule has 4 nitrogen and oxygen atoms in total. The van der Waals surface area contributed by atoms with E-state index in [1.165, 1.54) is 22.6 Å². The van der Waals surface area contributed by atoms with Crippen LogP contribution in [0.2, 0.25) is 0 Å². The number of carbonyl (C=O) groups excluding carboxylic acids is 1. The zero-order valence-corrected chi connectivity index (χ0v) is 11.3. The van der Waals surface area contributed by atoms with Crippen molar-refractivity contribution >= 4 is 28.6 Å². The Morgan fingerprint density at radius 3 is 2.42 bits per heavy atom. The SMILES string of the molecule is COC(=O)c1cc(C(F)F)nc(OC(F)(F)F)c1I. The standard InChI is InChI=1S/C9H5F5INO3/c1-18-8(17)3-2-4(6(10)11)16-7(5(3)15)19-9(12,13)14/h2,6H,1H3. The highest BCUT2D eigenvalue weighted by molar-refractivity contribution is 14.1. The molecule has 0 spiro atoms. The van der Waals surface area contributed by atoms with Crippen molar-refractivity contribution in [3.05, 3.63) is 20.9 Å². The number of nitrogens with zero attached hydrogens (tertiary/aromatic N) is 1. The number of alkyl halides is 5. The molecule has 1 rings (SSSR count). The van der Waals surface area contributed by atoms with Crippen LogP contribution in [0.3, 0.4) is 0 Å². The average molecular weight is 397 g/mol. The van der Waals surface area contributed by atoms with Gasteiger partial charge in [0, 0.05) is 0 Å². The van der Waals surface area contributed by atoms with Gasteiger partial charge in [0.25, 0.3) is 6.43 Å². The highest BCUT2D eigenvalue weighted by atomic mass is 127. The Hall–Kier alpha value is -1.20. The molecule has 106 valence electrons. The fraction of sp³-hybridized carbons (Fsp3) is 0.333. The predicted molar refractivity (Wildman–Crippen MR) is 59.9 cm³/mol. The normalized spacial score (nSPS) is 11.6. The highest BCUT2D eigenvalue weighted by Crippen LogP contribution is 2.31. The van der Waals surface area contributed by atoms with E-state index < -0.39 is 35.9 Å². The molecule has 1 aromatic heterocycles. The fourth-order valence-corrected chi connectivity index (χ4v) is 1.68. The lowest BCUT2D eigenvalue weighted by Crippen LogP contribution is -2.20. The van der Waals surface area contributed by atoms with Crippen molar-refractivity contribution in [2.75, 3.05) is 7.11 Å². The van der Waals surface area contributed by atoms with Gasteiger partial charge in [-0.1, -0.05) is 0 Å². The number of carbonyl (C=O) groups is 1. The molecular formula is C9H5F5INO3. The zero-order valence-electron chi connectivity index (χ0n) is 9.09. The summed E-state index contributed by atoms with van der Waals surface area (Å²) in [6, 6.07) is 0.654. The number of methoxy groups -OCH3 is 1. The summed E-state index contributed by atoms with van der Waals surface area (Å²) >= 11 is 1.33. The maximum Gasteiger partial charge on any atom is 0.574 e. The third-order valence-corrected chi connectivity index (χ3v) is 2.83. The minimum absolute atomic E-state index is 0.369. The minimum Gasteiger partial charge on any atom is -0.465 e. The average Bonchev–Trinajstić information content (AvgIpc) is 2.28. The van der Waals surface area contributed by atoms with Gasteiger partial charge in [-0.3, -0.25) is 0 Å². The van der Waals surface area contributed by atoms with Crippen molar-refractivity contribution in [2.24, 2.45) is 0 Å². The van der Waals surface area contributed by atoms with E-state index in [1.807, 2.05) is 0 Å². The van der Waals surface area contributed by atoms with Crippen LogP contribution in [0.4, 0.5) is 22.0 Å². The molecule has 0 aliphatic carbocycles. The van der Waals surface area contributed by atoms with Crippen molar-refractivity contribution in [1.29, 1.82) is 0 Å². The van der Waals surface area contributed by atoms with Crippen molar-refractivity contribution in [1.82, 2.24) is 4.98 Å². The fourth-order valence-electron chi connectivity index (χ4n) is 1.07. The summed E-state index contributed by atoms with van der Waals surface area (Å²) in [6.07, 6.45) is -8.27. The van der Waals surface area contributed by atoms with Gasteiger partial charge in [0.05, 0.1) is 16.2 Å². The molecular weight excluding hydrogens is 392 g/mol. The largest absolute Gasteiger partial charge is 0.574 e. The summed E-state index contributed by atoms with van der Waals surface area (Å²) in [5, 5.41) is 0. The van der Waals surface area contributed by atoms with Crippen LogP contribution < -0.4 is 4.74 Å². The second-order valence-electron chi connectivity index (χ2n) is 3.05. The predicted octanol–water partition coefficient (Wildman–Crippen LogP) is 3.31. The van der Waals surface area contributed by atoms with Gasteiger partial charge in [-0.05, 0) is 28.7 Å². The molecule has 10 heteroatoms. The molecule has 0 aliphatic heterocycles. The smallest absolute Gasteiger partial charge is 0.465 e. The number of hydrogen-bond donors (Lipinski definition) is 0. The van der Waals surface area contributed by atoms with Gasteiger partial charge in [0.2, 0.25) is 5.88 Å². The number of halogens is 6. The molecule has 0 radical (unpaired) electrons. The van der Waals surface area contributed by atoms with Crippen LogP contribution in [0.5, 0.6) is 5.88 Å². The van der Waals surface area contributed by atoms with Crippen molar-refractivity contribution in [3.63, 3.8) is 0 Å². The quantitative estimate of drug-likeness (QED) is 0.446. The number of aromatic nitrogens is 1. The molecule has 0 unspecified atom stereocenters. The first-order chi connectivity index (χ1) is 8.65. The number of rotatable bonds is 3. The minimum atomic E-state index is -5.11. The van der Waals surface area contributed by atoms with Gasteiger partial charge in [-0.15, -0.1) is 13.2 Å². The second-order valence-corrected chi connectivity index (χ2v) is 4.13. The topological polar surface area (TPSA) is 48.4 Å². The maximum atomic E-state index is 12.5. The van der Waals surface area contributed by atoms with Gasteiger partial charge in [0.1, 0.15) is 5.69 Å². The van der Waals surface area contributed by atoms with Crippen LogP contribution in [-0.2, 0) is 4.74 Å². The molecule has 19 heavy (non-hydrogen) atoms. The number of hydrogen-bond acceptors (Lipinski definition) is 4. The summed E-state index contributed by atoms with van der Waals surface area (Å²) in [5.41, 5.74) is -1.49. The number of esters is 1. The molecule has 0 N–H and O–H groups in total. The third-order valence-electron chi connectivity index (χ3n) is 1.79. The van der Waals surface area contributed by atoms with Crippen LogP contribution in [0.1, 0.15) is 22.5 Å². The Labute approximate surface area is 117 Å². The molecule has 0 aromatic carbocycles. The van der Waals surface area contributed by atoms with Crippen molar-refractivity contribution < 1.29 is 36.2 Å². The Morgan fingerprint density at radius 1 is 1.42 bits per heavy atom. The first-order valence-electron chi connectivity index (χ1n) is 4.48. The van der Waals surface area contributed by atoms with E-state index in [-0.39, 0.29) is 3.57 Å². The van der Waals surface area contributed by atoms with E-state index in [2.05, 4.69) is 14.5 Å². The van der Waals surface area contributed by atoms with Crippen molar-refractivity contribution in [2.45, 2.75) is 12.8 Å². The molecule has 0 atom stereocenters. The van der Waals surface area contributed by atoms with Crippen LogP contribution in [0.25, 0.3) is 0 Å². The lowest BCUT2D eigenvalue weighted by Gasteiger charge is -2.13. The van der Waals surface area contributed by atoms with E-state index in [4.69, 9.17) is 0 Å². The highest BCUT2D eigenvalue weighted by Gasteiger charge is 2.34. The van der Waals surface area contributed by atoms with E-state index in [9.17, 15) is 26.7 Å². The molecule has 0 bridgehead atoms. The van der Waals surface area contributed by atoms with Gasteiger partial charge >= 0.3 is 12.3 Å². The van der Waals surface area contributed by atoms with E-state index in [0.29, 0.717) is 6.07 Å². The molecule has 0 saturated carbocycles. The summed E-state index contributed by atoms with van der Waals surface area (Å²) in [6.45, 7) is 0. The molecule has 0 amide bonds. The van der Waals surface area contributed by atoms with E-state index >= 15 is 0 Å². The van der Waals surface area contributed by atoms with Crippen LogP contribution in [0, 0.1) is 3.57 Å². The third kappa shape index (κ3) is 4.14. The lowest BCUT2D eigenvalue weighted by atomic mass is 10.2. The Morgan fingerprint density at radius 2 is 2.00 bits per heavy atom. The Kier molecular flexibility index (Phi) is 4.87. The number of ether oxygens (including phenoxy) is 2. The molecule has 1 heterocycles. The van der Waals surface area contributed by atoms with E-state index in [0.717, 1.165) is 7.11 Å². The summed E-state index contributed by atoms with van der Waals surface area (Å²) in [7, 11) is 0.963. The summed E-state index contributed by atoms with van der Waals surface area (Å²) in [5.74, 6) is -2.19. The van der Waals surface area contributed by atoms with E-state index in [1.54, 1.807) is 0 Å². The lowest BCUT2D eigenvalue weighted by molar-refractivity contribution is -0.276. The zero-order chi connectivity index (χ0) is 14.8. The van der Waals surface area contributed by atoms with Gasteiger partial charge in [-0.25, -0.2) is 18.6 Å². The summed E-state index contributed by atoms with van der Waals surface area (Å²) in [4.78, 5) is 14.3. The van der Waals surface area contributed by atoms with Crippen LogP contribution >= 0.6 is 22.6 Å². The Bertz CT molecular complexity index is 491. The van der Waals surface area contributed by atoms with Gasteiger partial charge < -0.3 is 9.47 Å². The first kappa shape index (κ1) is 15.9. The maximum absolute atomic E-state index is 12.5. The monoisotopic (exact) mass is 397 g/mol. The summed E-state index contributed by atoms with van der Waals surface area (Å²) < 4.78 is 68.7. The van der Waals surface area contributed by atoms with Gasteiger partial charge in [-0.2, -0.15) is 0 Å². The molecule has 1 aromatic rings. The molecule has 0 aliphatic rings. The van der Waals surface area contributed by atoms with Crippen LogP contribution in [-0.4, -0.2) is 24.4 Å². The first-order valence-corrected chi connectivity index (χ1v) is 5.56. The molecule has 0 fully saturated rings.